The molecule has 0 amide bonds. The number of hydrogen-bond acceptors (Lipinski definition) is 3. The van der Waals surface area contributed by atoms with Crippen LogP contribution >= 0.6 is 11.8 Å². The van der Waals surface area contributed by atoms with Gasteiger partial charge >= 0.3 is 0 Å². The zero-order valence-electron chi connectivity index (χ0n) is 11.6. The summed E-state index contributed by atoms with van der Waals surface area (Å²) in [5.74, 6) is 0.823. The van der Waals surface area contributed by atoms with Gasteiger partial charge in [-0.05, 0) is 37.1 Å². The summed E-state index contributed by atoms with van der Waals surface area (Å²) in [7, 11) is 0. The van der Waals surface area contributed by atoms with Gasteiger partial charge in [-0.1, -0.05) is 18.2 Å². The molecule has 102 valence electrons. The van der Waals surface area contributed by atoms with E-state index in [0.717, 1.165) is 33.3 Å². The summed E-state index contributed by atoms with van der Waals surface area (Å²) < 4.78 is 0. The van der Waals surface area contributed by atoms with E-state index < -0.39 is 0 Å². The number of nitrogens with two attached hydrogens (primary N) is 1. The highest BCUT2D eigenvalue weighted by atomic mass is 32.2. The molecule has 1 aromatic carbocycles. The Hall–Kier alpha value is -1.94. The third-order valence-electron chi connectivity index (χ3n) is 3.55. The van der Waals surface area contributed by atoms with Gasteiger partial charge in [0.15, 0.2) is 0 Å². The minimum Gasteiger partial charge on any atom is -0.398 e. The number of nitrogens with one attached hydrogen (secondary N) is 1. The van der Waals surface area contributed by atoms with Gasteiger partial charge in [0.1, 0.15) is 0 Å². The lowest BCUT2D eigenvalue weighted by atomic mass is 10.1. The number of thioether (sulfide) groups is 1. The van der Waals surface area contributed by atoms with Gasteiger partial charge in [-0.3, -0.25) is 4.98 Å². The molecule has 0 fully saturated rings. The first-order chi connectivity index (χ1) is 9.65. The molecular weight excluding hydrogens is 266 g/mol. The second-order valence-electron chi connectivity index (χ2n) is 4.94. The Balaban J connectivity index is 1.81. The number of nitrogens with zero attached hydrogens (tertiary/aromatic N) is 1. The van der Waals surface area contributed by atoms with E-state index in [0.29, 0.717) is 0 Å². The van der Waals surface area contributed by atoms with Gasteiger partial charge in [0.25, 0.3) is 0 Å². The quantitative estimate of drug-likeness (QED) is 0.713. The number of aromatic amines is 1. The molecule has 2 aromatic heterocycles. The van der Waals surface area contributed by atoms with Crippen LogP contribution in [0.5, 0.6) is 0 Å². The maximum absolute atomic E-state index is 6.06. The Morgan fingerprint density at radius 2 is 2.05 bits per heavy atom. The van der Waals surface area contributed by atoms with Crippen LogP contribution in [0.1, 0.15) is 16.8 Å². The van der Waals surface area contributed by atoms with Crippen LogP contribution in [0.3, 0.4) is 0 Å². The van der Waals surface area contributed by atoms with Crippen molar-refractivity contribution in [3.8, 4) is 0 Å². The lowest BCUT2D eigenvalue weighted by Crippen LogP contribution is -2.00. The summed E-state index contributed by atoms with van der Waals surface area (Å²) in [6, 6.07) is 10.5. The van der Waals surface area contributed by atoms with Crippen LogP contribution in [0.2, 0.25) is 0 Å². The molecule has 3 nitrogen and oxygen atoms in total. The predicted octanol–water partition coefficient (Wildman–Crippen LogP) is 4.05. The molecule has 0 bridgehead atoms. The van der Waals surface area contributed by atoms with Gasteiger partial charge in [-0.15, -0.1) is 11.8 Å². The monoisotopic (exact) mass is 283 g/mol. The average molecular weight is 283 g/mol. The molecule has 0 atom stereocenters. The standard InChI is InChI=1S/C16H17N3S/c1-10-8-18-14(11(2)16(10)17)9-20-15-7-12-5-3-4-6-13(12)19-15/h3-8,19H,9H2,1-2H3,(H2,17,18). The van der Waals surface area contributed by atoms with Crippen molar-refractivity contribution in [2.24, 2.45) is 0 Å². The van der Waals surface area contributed by atoms with E-state index in [4.69, 9.17) is 5.73 Å². The fraction of sp³-hybridized carbons (Fsp3) is 0.188. The average Bonchev–Trinajstić information content (AvgIpc) is 2.87. The molecule has 0 unspecified atom stereocenters. The van der Waals surface area contributed by atoms with E-state index in [1.54, 1.807) is 11.8 Å². The normalized spacial score (nSPS) is 11.1. The second kappa shape index (κ2) is 5.21. The maximum Gasteiger partial charge on any atom is 0.0736 e. The van der Waals surface area contributed by atoms with E-state index in [-0.39, 0.29) is 0 Å². The molecule has 0 aliphatic rings. The Bertz CT molecular complexity index is 729. The number of nitrogen functional groups attached to an aromatic ring is 1. The van der Waals surface area contributed by atoms with Crippen LogP contribution in [-0.4, -0.2) is 9.97 Å². The number of anilines is 1. The molecule has 0 saturated carbocycles. The summed E-state index contributed by atoms with van der Waals surface area (Å²) >= 11 is 1.75. The largest absolute Gasteiger partial charge is 0.398 e. The number of pyridine rings is 1. The van der Waals surface area contributed by atoms with Crippen molar-refractivity contribution in [2.45, 2.75) is 24.6 Å². The van der Waals surface area contributed by atoms with Crippen molar-refractivity contribution >= 4 is 28.4 Å². The van der Waals surface area contributed by atoms with Crippen LogP contribution in [0, 0.1) is 13.8 Å². The molecule has 20 heavy (non-hydrogen) atoms. The van der Waals surface area contributed by atoms with E-state index >= 15 is 0 Å². The molecule has 3 rings (SSSR count). The third kappa shape index (κ3) is 2.39. The van der Waals surface area contributed by atoms with Crippen molar-refractivity contribution in [3.63, 3.8) is 0 Å². The van der Waals surface area contributed by atoms with Gasteiger partial charge < -0.3 is 10.7 Å². The van der Waals surface area contributed by atoms with Crippen molar-refractivity contribution in [1.82, 2.24) is 9.97 Å². The van der Waals surface area contributed by atoms with E-state index in [9.17, 15) is 0 Å². The van der Waals surface area contributed by atoms with Gasteiger partial charge in [0.2, 0.25) is 0 Å². The minimum absolute atomic E-state index is 0.823. The van der Waals surface area contributed by atoms with Crippen LogP contribution in [0.15, 0.2) is 41.6 Å². The number of benzene rings is 1. The minimum atomic E-state index is 0.823. The first-order valence-electron chi connectivity index (χ1n) is 6.56. The Morgan fingerprint density at radius 1 is 1.25 bits per heavy atom. The van der Waals surface area contributed by atoms with Crippen molar-refractivity contribution in [1.29, 1.82) is 0 Å². The summed E-state index contributed by atoms with van der Waals surface area (Å²) in [6.07, 6.45) is 1.85. The third-order valence-corrected chi connectivity index (χ3v) is 4.49. The van der Waals surface area contributed by atoms with Crippen LogP contribution in [0.25, 0.3) is 10.9 Å². The zero-order chi connectivity index (χ0) is 14.1. The maximum atomic E-state index is 6.06. The van der Waals surface area contributed by atoms with Gasteiger partial charge in [-0.25, -0.2) is 0 Å². The van der Waals surface area contributed by atoms with Crippen molar-refractivity contribution in [3.05, 3.63) is 53.3 Å². The SMILES string of the molecule is Cc1cnc(CSc2cc3ccccc3[nH]2)c(C)c1N. The van der Waals surface area contributed by atoms with Crippen molar-refractivity contribution < 1.29 is 0 Å². The first kappa shape index (κ1) is 13.1. The number of aryl methyl sites for hydroxylation is 1. The van der Waals surface area contributed by atoms with E-state index in [1.807, 2.05) is 26.1 Å². The van der Waals surface area contributed by atoms with Crippen LogP contribution in [-0.2, 0) is 5.75 Å². The number of H-pyrrole nitrogens is 1. The van der Waals surface area contributed by atoms with Crippen molar-refractivity contribution in [2.75, 3.05) is 5.73 Å². The predicted molar refractivity (Wildman–Crippen MR) is 86.0 cm³/mol. The topological polar surface area (TPSA) is 54.7 Å². The molecule has 4 heteroatoms. The molecule has 3 aromatic rings. The summed E-state index contributed by atoms with van der Waals surface area (Å²) in [4.78, 5) is 7.91. The summed E-state index contributed by atoms with van der Waals surface area (Å²) in [5.41, 5.74) is 11.3. The summed E-state index contributed by atoms with van der Waals surface area (Å²) in [5, 5.41) is 2.40. The molecular formula is C16H17N3S. The van der Waals surface area contributed by atoms with E-state index in [1.165, 1.54) is 10.9 Å². The smallest absolute Gasteiger partial charge is 0.0736 e. The number of rotatable bonds is 3. The number of hydrogen-bond donors (Lipinski definition) is 2. The lowest BCUT2D eigenvalue weighted by molar-refractivity contribution is 1.10. The fourth-order valence-corrected chi connectivity index (χ4v) is 3.18. The zero-order valence-corrected chi connectivity index (χ0v) is 12.4. The van der Waals surface area contributed by atoms with Gasteiger partial charge in [-0.2, -0.15) is 0 Å². The molecule has 2 heterocycles. The second-order valence-corrected chi connectivity index (χ2v) is 5.95. The highest BCUT2D eigenvalue weighted by molar-refractivity contribution is 7.98. The number of aromatic nitrogens is 2. The molecule has 0 aliphatic heterocycles. The molecule has 3 N–H and O–H groups in total. The van der Waals surface area contributed by atoms with E-state index in [2.05, 4.69) is 34.2 Å². The molecule has 0 radical (unpaired) electrons. The van der Waals surface area contributed by atoms with Gasteiger partial charge in [0.05, 0.1) is 10.7 Å². The van der Waals surface area contributed by atoms with Crippen LogP contribution in [0.4, 0.5) is 5.69 Å². The molecule has 0 aliphatic carbocycles. The number of fused-ring (bicyclic) bond motifs is 1. The molecule has 0 spiro atoms. The fourth-order valence-electron chi connectivity index (χ4n) is 2.21. The Kier molecular flexibility index (Phi) is 3.40. The van der Waals surface area contributed by atoms with Gasteiger partial charge in [0, 0.05) is 28.5 Å². The highest BCUT2D eigenvalue weighted by Crippen LogP contribution is 2.28. The van der Waals surface area contributed by atoms with Crippen LogP contribution < -0.4 is 5.73 Å². The highest BCUT2D eigenvalue weighted by Gasteiger charge is 2.08. The Labute approximate surface area is 122 Å². The Morgan fingerprint density at radius 3 is 2.85 bits per heavy atom. The molecule has 0 saturated heterocycles. The number of para-hydroxylation sites is 1. The summed E-state index contributed by atoms with van der Waals surface area (Å²) in [6.45, 7) is 4.03. The first-order valence-corrected chi connectivity index (χ1v) is 7.55. The lowest BCUT2D eigenvalue weighted by Gasteiger charge is -2.09.